The molecule has 0 aromatic heterocycles. The minimum atomic E-state index is 0.215. The summed E-state index contributed by atoms with van der Waals surface area (Å²) in [6.07, 6.45) is 1.22. The monoisotopic (exact) mass is 262 g/mol. The van der Waals surface area contributed by atoms with E-state index >= 15 is 0 Å². The van der Waals surface area contributed by atoms with Gasteiger partial charge in [-0.1, -0.05) is 12.1 Å². The Bertz CT molecular complexity index is 403. The zero-order valence-electron chi connectivity index (χ0n) is 12.4. The van der Waals surface area contributed by atoms with Crippen molar-refractivity contribution in [3.05, 3.63) is 29.8 Å². The van der Waals surface area contributed by atoms with Crippen LogP contribution in [-0.4, -0.2) is 43.2 Å². The van der Waals surface area contributed by atoms with Gasteiger partial charge in [-0.2, -0.15) is 0 Å². The molecule has 3 heteroatoms. The summed E-state index contributed by atoms with van der Waals surface area (Å²) in [4.78, 5) is 2.53. The summed E-state index contributed by atoms with van der Waals surface area (Å²) in [6, 6.07) is 8.26. The number of nitrogens with one attached hydrogen (secondary N) is 1. The molecule has 1 aromatic carbocycles. The molecule has 2 rings (SSSR count). The predicted octanol–water partition coefficient (Wildman–Crippen LogP) is 2.45. The Kier molecular flexibility index (Phi) is 4.83. The van der Waals surface area contributed by atoms with Crippen molar-refractivity contribution in [2.75, 3.05) is 32.8 Å². The Morgan fingerprint density at radius 3 is 3.00 bits per heavy atom. The largest absolute Gasteiger partial charge is 0.492 e. The summed E-state index contributed by atoms with van der Waals surface area (Å²) >= 11 is 0. The first kappa shape index (κ1) is 14.4. The first-order valence-corrected chi connectivity index (χ1v) is 7.23. The highest BCUT2D eigenvalue weighted by molar-refractivity contribution is 5.27. The summed E-state index contributed by atoms with van der Waals surface area (Å²) in [5, 5.41) is 3.50. The van der Waals surface area contributed by atoms with Crippen LogP contribution in [0.4, 0.5) is 0 Å². The van der Waals surface area contributed by atoms with Crippen LogP contribution in [0.15, 0.2) is 24.3 Å². The SMILES string of the molecule is Cc1cccc(OCCN2CCCNCC2(C)C)c1. The summed E-state index contributed by atoms with van der Waals surface area (Å²) in [5.74, 6) is 0.978. The molecule has 1 saturated heterocycles. The normalized spacial score (nSPS) is 19.9. The molecule has 0 aliphatic carbocycles. The molecule has 1 fully saturated rings. The van der Waals surface area contributed by atoms with Gasteiger partial charge in [-0.25, -0.2) is 0 Å². The lowest BCUT2D eigenvalue weighted by molar-refractivity contribution is 0.110. The van der Waals surface area contributed by atoms with Crippen molar-refractivity contribution in [3.8, 4) is 5.75 Å². The third-order valence-corrected chi connectivity index (χ3v) is 3.81. The molecule has 0 radical (unpaired) electrons. The number of nitrogens with zero attached hydrogens (tertiary/aromatic N) is 1. The smallest absolute Gasteiger partial charge is 0.119 e. The average Bonchev–Trinajstić information content (AvgIpc) is 2.51. The van der Waals surface area contributed by atoms with Crippen molar-refractivity contribution in [1.29, 1.82) is 0 Å². The lowest BCUT2D eigenvalue weighted by Crippen LogP contribution is -2.49. The van der Waals surface area contributed by atoms with Gasteiger partial charge in [0.05, 0.1) is 0 Å². The van der Waals surface area contributed by atoms with Crippen LogP contribution in [0.3, 0.4) is 0 Å². The van der Waals surface area contributed by atoms with Crippen LogP contribution in [0, 0.1) is 6.92 Å². The molecule has 0 amide bonds. The molecule has 1 aliphatic heterocycles. The van der Waals surface area contributed by atoms with Gasteiger partial charge >= 0.3 is 0 Å². The molecule has 0 spiro atoms. The van der Waals surface area contributed by atoms with E-state index in [1.54, 1.807) is 0 Å². The molecule has 0 bridgehead atoms. The highest BCUT2D eigenvalue weighted by Crippen LogP contribution is 2.17. The van der Waals surface area contributed by atoms with Gasteiger partial charge in [0, 0.05) is 25.2 Å². The Balaban J connectivity index is 1.84. The van der Waals surface area contributed by atoms with E-state index in [0.29, 0.717) is 0 Å². The quantitative estimate of drug-likeness (QED) is 0.902. The molecule has 19 heavy (non-hydrogen) atoms. The molecular formula is C16H26N2O. The molecule has 106 valence electrons. The fraction of sp³-hybridized carbons (Fsp3) is 0.625. The van der Waals surface area contributed by atoms with Gasteiger partial charge in [-0.15, -0.1) is 0 Å². The van der Waals surface area contributed by atoms with E-state index in [1.807, 2.05) is 12.1 Å². The summed E-state index contributed by atoms with van der Waals surface area (Å²) in [5.41, 5.74) is 1.46. The lowest BCUT2D eigenvalue weighted by atomic mass is 10.0. The molecule has 0 unspecified atom stereocenters. The van der Waals surface area contributed by atoms with Crippen LogP contribution in [0.1, 0.15) is 25.8 Å². The fourth-order valence-electron chi connectivity index (χ4n) is 2.60. The molecule has 0 saturated carbocycles. The summed E-state index contributed by atoms with van der Waals surface area (Å²) in [7, 11) is 0. The zero-order valence-corrected chi connectivity index (χ0v) is 12.4. The molecular weight excluding hydrogens is 236 g/mol. The second kappa shape index (κ2) is 6.40. The third-order valence-electron chi connectivity index (χ3n) is 3.81. The first-order chi connectivity index (χ1) is 9.08. The van der Waals surface area contributed by atoms with Crippen molar-refractivity contribution < 1.29 is 4.74 Å². The van der Waals surface area contributed by atoms with E-state index in [2.05, 4.69) is 43.1 Å². The lowest BCUT2D eigenvalue weighted by Gasteiger charge is -2.36. The molecule has 0 atom stereocenters. The van der Waals surface area contributed by atoms with Gasteiger partial charge in [-0.3, -0.25) is 4.90 Å². The van der Waals surface area contributed by atoms with Gasteiger partial charge in [0.1, 0.15) is 12.4 Å². The van der Waals surface area contributed by atoms with Crippen LogP contribution in [-0.2, 0) is 0 Å². The molecule has 1 N–H and O–H groups in total. The van der Waals surface area contributed by atoms with E-state index in [0.717, 1.165) is 38.5 Å². The molecule has 1 aromatic rings. The van der Waals surface area contributed by atoms with Gasteiger partial charge < -0.3 is 10.1 Å². The number of benzene rings is 1. The van der Waals surface area contributed by atoms with Crippen molar-refractivity contribution >= 4 is 0 Å². The number of aryl methyl sites for hydroxylation is 1. The number of hydrogen-bond donors (Lipinski definition) is 1. The Labute approximate surface area is 116 Å². The van der Waals surface area contributed by atoms with Crippen LogP contribution in [0.5, 0.6) is 5.75 Å². The molecule has 3 nitrogen and oxygen atoms in total. The Morgan fingerprint density at radius 1 is 1.37 bits per heavy atom. The predicted molar refractivity (Wildman–Crippen MR) is 79.8 cm³/mol. The Hall–Kier alpha value is -1.06. The maximum Gasteiger partial charge on any atom is 0.119 e. The zero-order chi connectivity index (χ0) is 13.7. The van der Waals surface area contributed by atoms with Crippen molar-refractivity contribution in [2.24, 2.45) is 0 Å². The van der Waals surface area contributed by atoms with E-state index in [1.165, 1.54) is 12.0 Å². The van der Waals surface area contributed by atoms with Gasteiger partial charge in [0.2, 0.25) is 0 Å². The second-order valence-corrected chi connectivity index (χ2v) is 5.99. The van der Waals surface area contributed by atoms with Gasteiger partial charge in [0.15, 0.2) is 0 Å². The summed E-state index contributed by atoms with van der Waals surface area (Å²) in [6.45, 7) is 11.8. The standard InChI is InChI=1S/C16H26N2O/c1-14-6-4-7-15(12-14)19-11-10-18-9-5-8-17-13-16(18,2)3/h4,6-7,12,17H,5,8-11,13H2,1-3H3. The van der Waals surface area contributed by atoms with Crippen molar-refractivity contribution in [1.82, 2.24) is 10.2 Å². The highest BCUT2D eigenvalue weighted by Gasteiger charge is 2.27. The maximum atomic E-state index is 5.86. The van der Waals surface area contributed by atoms with E-state index in [4.69, 9.17) is 4.74 Å². The molecule has 1 aliphatic rings. The van der Waals surface area contributed by atoms with E-state index in [-0.39, 0.29) is 5.54 Å². The van der Waals surface area contributed by atoms with Crippen molar-refractivity contribution in [3.63, 3.8) is 0 Å². The number of rotatable bonds is 4. The van der Waals surface area contributed by atoms with Gasteiger partial charge in [-0.05, 0) is 51.4 Å². The number of hydrogen-bond acceptors (Lipinski definition) is 3. The Morgan fingerprint density at radius 2 is 2.21 bits per heavy atom. The van der Waals surface area contributed by atoms with Crippen LogP contribution in [0.2, 0.25) is 0 Å². The highest BCUT2D eigenvalue weighted by atomic mass is 16.5. The second-order valence-electron chi connectivity index (χ2n) is 5.99. The fourth-order valence-corrected chi connectivity index (χ4v) is 2.60. The number of ether oxygens (including phenoxy) is 1. The summed E-state index contributed by atoms with van der Waals surface area (Å²) < 4.78 is 5.86. The van der Waals surface area contributed by atoms with Crippen LogP contribution in [0.25, 0.3) is 0 Å². The van der Waals surface area contributed by atoms with Crippen LogP contribution < -0.4 is 10.1 Å². The maximum absolute atomic E-state index is 5.86. The van der Waals surface area contributed by atoms with Crippen molar-refractivity contribution in [2.45, 2.75) is 32.7 Å². The van der Waals surface area contributed by atoms with Crippen LogP contribution >= 0.6 is 0 Å². The van der Waals surface area contributed by atoms with Gasteiger partial charge in [0.25, 0.3) is 0 Å². The third kappa shape index (κ3) is 4.22. The minimum Gasteiger partial charge on any atom is -0.492 e. The topological polar surface area (TPSA) is 24.5 Å². The molecule has 1 heterocycles. The first-order valence-electron chi connectivity index (χ1n) is 7.23. The van der Waals surface area contributed by atoms with E-state index in [9.17, 15) is 0 Å². The minimum absolute atomic E-state index is 0.215. The average molecular weight is 262 g/mol. The van der Waals surface area contributed by atoms with E-state index < -0.39 is 0 Å².